The number of benzene rings is 1. The van der Waals surface area contributed by atoms with E-state index in [-0.39, 0.29) is 5.56 Å². The zero-order chi connectivity index (χ0) is 12.4. The van der Waals surface area contributed by atoms with E-state index in [1.807, 2.05) is 54.2 Å². The van der Waals surface area contributed by atoms with E-state index in [0.717, 1.165) is 22.6 Å². The lowest BCUT2D eigenvalue weighted by molar-refractivity contribution is 0.717. The molecule has 17 heavy (non-hydrogen) atoms. The summed E-state index contributed by atoms with van der Waals surface area (Å²) < 4.78 is 5.08. The molecule has 88 valence electrons. The van der Waals surface area contributed by atoms with Gasteiger partial charge in [0.2, 0.25) is 0 Å². The van der Waals surface area contributed by atoms with Crippen LogP contribution in [-0.4, -0.2) is 10.2 Å². The number of aromatic amines is 1. The third-order valence-electron chi connectivity index (χ3n) is 2.63. The van der Waals surface area contributed by atoms with Crippen LogP contribution in [0.1, 0.15) is 11.3 Å². The maximum absolute atomic E-state index is 11.5. The molecule has 4 nitrogen and oxygen atoms in total. The Hall–Kier alpha value is -1.37. The average molecular weight is 342 g/mol. The van der Waals surface area contributed by atoms with E-state index in [2.05, 4.69) is 10.2 Å². The number of halogens is 1. The topological polar surface area (TPSA) is 55.0 Å². The summed E-state index contributed by atoms with van der Waals surface area (Å²) in [6, 6.07) is 7.57. The van der Waals surface area contributed by atoms with Crippen molar-refractivity contribution in [3.63, 3.8) is 0 Å². The molecule has 0 aliphatic rings. The monoisotopic (exact) mass is 342 g/mol. The summed E-state index contributed by atoms with van der Waals surface area (Å²) in [6.45, 7) is 3.67. The summed E-state index contributed by atoms with van der Waals surface area (Å²) in [6.07, 6.45) is 0. The van der Waals surface area contributed by atoms with Gasteiger partial charge in [-0.3, -0.25) is 4.79 Å². The summed E-state index contributed by atoms with van der Waals surface area (Å²) in [4.78, 5) is 11.5. The van der Waals surface area contributed by atoms with E-state index in [1.165, 1.54) is 0 Å². The van der Waals surface area contributed by atoms with Gasteiger partial charge in [-0.25, -0.2) is 5.10 Å². The van der Waals surface area contributed by atoms with Crippen LogP contribution >= 0.6 is 23.0 Å². The maximum Gasteiger partial charge on any atom is 0.267 e. The fourth-order valence-corrected chi connectivity index (χ4v) is 2.05. The second-order valence-electron chi connectivity index (χ2n) is 3.74. The Bertz CT molecular complexity index is 590. The van der Waals surface area contributed by atoms with Gasteiger partial charge >= 0.3 is 0 Å². The minimum Gasteiger partial charge on any atom is -0.428 e. The first kappa shape index (κ1) is 12.1. The van der Waals surface area contributed by atoms with Crippen molar-refractivity contribution in [3.05, 3.63) is 45.9 Å². The summed E-state index contributed by atoms with van der Waals surface area (Å²) in [5, 5.41) is 6.46. The molecule has 0 amide bonds. The molecule has 0 saturated carbocycles. The molecule has 0 unspecified atom stereocenters. The Morgan fingerprint density at radius 3 is 2.47 bits per heavy atom. The highest BCUT2D eigenvalue weighted by Crippen LogP contribution is 2.26. The van der Waals surface area contributed by atoms with Crippen LogP contribution in [0.15, 0.2) is 29.1 Å². The summed E-state index contributed by atoms with van der Waals surface area (Å²) in [5.41, 5.74) is 3.19. The summed E-state index contributed by atoms with van der Waals surface area (Å²) in [5.74, 6) is 0.780. The molecule has 1 aromatic carbocycles. The Morgan fingerprint density at radius 1 is 1.24 bits per heavy atom. The third kappa shape index (κ3) is 2.33. The SMILES string of the molecule is Cc1n[nH]c(=O)c(C)c1-c1ccc(OI)cc1. The molecule has 2 rings (SSSR count). The number of aromatic nitrogens is 2. The minimum absolute atomic E-state index is 0.153. The van der Waals surface area contributed by atoms with Crippen LogP contribution in [0.25, 0.3) is 11.1 Å². The molecule has 0 bridgehead atoms. The molecule has 0 aliphatic heterocycles. The molecular formula is C12H11IN2O2. The molecule has 0 atom stereocenters. The van der Waals surface area contributed by atoms with Crippen LogP contribution in [0.4, 0.5) is 0 Å². The molecule has 0 radical (unpaired) electrons. The Balaban J connectivity index is 2.59. The zero-order valence-electron chi connectivity index (χ0n) is 9.45. The van der Waals surface area contributed by atoms with Crippen molar-refractivity contribution in [1.82, 2.24) is 10.2 Å². The van der Waals surface area contributed by atoms with Gasteiger partial charge in [0.05, 0.1) is 5.69 Å². The van der Waals surface area contributed by atoms with Crippen LogP contribution in [0.3, 0.4) is 0 Å². The first-order chi connectivity index (χ1) is 8.13. The molecular weight excluding hydrogens is 331 g/mol. The van der Waals surface area contributed by atoms with Crippen LogP contribution in [-0.2, 0) is 0 Å². The predicted octanol–water partition coefficient (Wildman–Crippen LogP) is 2.78. The number of aryl methyl sites for hydroxylation is 1. The van der Waals surface area contributed by atoms with Gasteiger partial charge in [-0.2, -0.15) is 5.10 Å². The Kier molecular flexibility index (Phi) is 3.46. The van der Waals surface area contributed by atoms with E-state index in [1.54, 1.807) is 6.92 Å². The van der Waals surface area contributed by atoms with E-state index >= 15 is 0 Å². The molecule has 0 fully saturated rings. The van der Waals surface area contributed by atoms with Crippen LogP contribution in [0.2, 0.25) is 0 Å². The number of nitrogens with one attached hydrogen (secondary N) is 1. The van der Waals surface area contributed by atoms with Crippen molar-refractivity contribution < 1.29 is 3.07 Å². The van der Waals surface area contributed by atoms with E-state index in [9.17, 15) is 4.79 Å². The van der Waals surface area contributed by atoms with Gasteiger partial charge in [-0.1, -0.05) is 12.1 Å². The van der Waals surface area contributed by atoms with Gasteiger partial charge < -0.3 is 3.07 Å². The molecule has 1 heterocycles. The highest BCUT2D eigenvalue weighted by Gasteiger charge is 2.09. The number of H-pyrrole nitrogens is 1. The van der Waals surface area contributed by atoms with Gasteiger partial charge in [-0.15, -0.1) is 0 Å². The first-order valence-corrected chi connectivity index (χ1v) is 5.96. The molecule has 1 N–H and O–H groups in total. The van der Waals surface area contributed by atoms with E-state index in [0.29, 0.717) is 5.56 Å². The molecule has 1 aromatic heterocycles. The molecule has 5 heteroatoms. The second-order valence-corrected chi connectivity index (χ2v) is 4.18. The standard InChI is InChI=1S/C12H11IN2O2/c1-7-11(8(2)14-15-12(7)16)9-3-5-10(17-13)6-4-9/h3-6H,1-2H3,(H,15,16). The largest absolute Gasteiger partial charge is 0.428 e. The highest BCUT2D eigenvalue weighted by molar-refractivity contribution is 14.1. The van der Waals surface area contributed by atoms with Crippen molar-refractivity contribution in [3.8, 4) is 16.9 Å². The van der Waals surface area contributed by atoms with Crippen LogP contribution < -0.4 is 8.63 Å². The van der Waals surface area contributed by atoms with Gasteiger partial charge in [-0.05, 0) is 31.5 Å². The smallest absolute Gasteiger partial charge is 0.267 e. The fraction of sp³-hybridized carbons (Fsp3) is 0.167. The predicted molar refractivity (Wildman–Crippen MR) is 74.4 cm³/mol. The number of hydrogen-bond donors (Lipinski definition) is 1. The van der Waals surface area contributed by atoms with Crippen molar-refractivity contribution in [2.24, 2.45) is 0 Å². The second kappa shape index (κ2) is 4.87. The lowest BCUT2D eigenvalue weighted by atomic mass is 10.0. The zero-order valence-corrected chi connectivity index (χ0v) is 11.6. The molecule has 0 aliphatic carbocycles. The van der Waals surface area contributed by atoms with E-state index in [4.69, 9.17) is 3.07 Å². The Morgan fingerprint density at radius 2 is 1.88 bits per heavy atom. The first-order valence-electron chi connectivity index (χ1n) is 5.08. The van der Waals surface area contributed by atoms with Crippen molar-refractivity contribution in [2.45, 2.75) is 13.8 Å². The number of hydrogen-bond acceptors (Lipinski definition) is 3. The van der Waals surface area contributed by atoms with E-state index < -0.39 is 0 Å². The third-order valence-corrected chi connectivity index (χ3v) is 3.14. The summed E-state index contributed by atoms with van der Waals surface area (Å²) >= 11 is 1.83. The Labute approximate surface area is 113 Å². The quantitative estimate of drug-likeness (QED) is 0.854. The van der Waals surface area contributed by atoms with Gasteiger partial charge in [0.25, 0.3) is 5.56 Å². The van der Waals surface area contributed by atoms with Gasteiger partial charge in [0, 0.05) is 11.1 Å². The molecule has 0 spiro atoms. The van der Waals surface area contributed by atoms with Crippen molar-refractivity contribution in [1.29, 1.82) is 0 Å². The van der Waals surface area contributed by atoms with Gasteiger partial charge in [0.1, 0.15) is 5.75 Å². The number of rotatable bonds is 2. The molecule has 2 aromatic rings. The van der Waals surface area contributed by atoms with Gasteiger partial charge in [0.15, 0.2) is 23.0 Å². The van der Waals surface area contributed by atoms with Crippen molar-refractivity contribution in [2.75, 3.05) is 0 Å². The van der Waals surface area contributed by atoms with Crippen LogP contribution in [0.5, 0.6) is 5.75 Å². The normalized spacial score (nSPS) is 10.3. The lowest BCUT2D eigenvalue weighted by Crippen LogP contribution is -2.14. The molecule has 0 saturated heterocycles. The maximum atomic E-state index is 11.5. The lowest BCUT2D eigenvalue weighted by Gasteiger charge is -2.08. The fourth-order valence-electron chi connectivity index (χ4n) is 1.76. The van der Waals surface area contributed by atoms with Crippen LogP contribution in [0, 0.1) is 13.8 Å². The minimum atomic E-state index is -0.153. The number of nitrogens with zero attached hydrogens (tertiary/aromatic N) is 1. The van der Waals surface area contributed by atoms with Crippen molar-refractivity contribution >= 4 is 23.0 Å². The average Bonchev–Trinajstić information content (AvgIpc) is 2.35. The highest BCUT2D eigenvalue weighted by atomic mass is 127. The summed E-state index contributed by atoms with van der Waals surface area (Å²) in [7, 11) is 0.